The SMILES string of the molecule is CC(C)CC(CN(C)C)NS(=O)(=O)c1ncccc1F. The first kappa shape index (κ1) is 17.0. The summed E-state index contributed by atoms with van der Waals surface area (Å²) in [6.45, 7) is 4.57. The molecule has 1 N–H and O–H groups in total. The number of nitrogens with zero attached hydrogens (tertiary/aromatic N) is 2. The van der Waals surface area contributed by atoms with Crippen LogP contribution in [-0.4, -0.2) is 45.0 Å². The molecule has 0 spiro atoms. The van der Waals surface area contributed by atoms with E-state index >= 15 is 0 Å². The monoisotopic (exact) mass is 303 g/mol. The molecule has 0 saturated carbocycles. The lowest BCUT2D eigenvalue weighted by atomic mass is 10.0. The number of pyridine rings is 1. The van der Waals surface area contributed by atoms with Crippen molar-refractivity contribution in [1.29, 1.82) is 0 Å². The van der Waals surface area contributed by atoms with Gasteiger partial charge in [-0.25, -0.2) is 22.5 Å². The van der Waals surface area contributed by atoms with Gasteiger partial charge in [0.2, 0.25) is 5.03 Å². The van der Waals surface area contributed by atoms with Crippen LogP contribution in [0.1, 0.15) is 20.3 Å². The van der Waals surface area contributed by atoms with E-state index in [0.29, 0.717) is 18.9 Å². The van der Waals surface area contributed by atoms with Crippen molar-refractivity contribution in [2.24, 2.45) is 5.92 Å². The number of hydrogen-bond donors (Lipinski definition) is 1. The van der Waals surface area contributed by atoms with Crippen LogP contribution in [0.25, 0.3) is 0 Å². The van der Waals surface area contributed by atoms with Gasteiger partial charge >= 0.3 is 0 Å². The van der Waals surface area contributed by atoms with Crippen LogP contribution in [0.4, 0.5) is 4.39 Å². The molecule has 1 unspecified atom stereocenters. The number of aromatic nitrogens is 1. The van der Waals surface area contributed by atoms with Crippen molar-refractivity contribution in [3.63, 3.8) is 0 Å². The lowest BCUT2D eigenvalue weighted by Gasteiger charge is -2.23. The minimum atomic E-state index is -3.94. The molecular formula is C13H22FN3O2S. The van der Waals surface area contributed by atoms with Crippen molar-refractivity contribution in [2.45, 2.75) is 31.3 Å². The number of halogens is 1. The third-order valence-corrected chi connectivity index (χ3v) is 4.10. The second-order valence-electron chi connectivity index (χ2n) is 5.50. The molecule has 1 atom stereocenters. The normalized spacial score (nSPS) is 13.9. The van der Waals surface area contributed by atoms with Crippen LogP contribution in [0.15, 0.2) is 23.4 Å². The molecule has 0 saturated heterocycles. The minimum absolute atomic E-state index is 0.281. The van der Waals surface area contributed by atoms with Gasteiger partial charge in [0.15, 0.2) is 5.82 Å². The summed E-state index contributed by atoms with van der Waals surface area (Å²) < 4.78 is 40.5. The summed E-state index contributed by atoms with van der Waals surface area (Å²) in [5, 5.41) is -0.549. The van der Waals surface area contributed by atoms with E-state index in [-0.39, 0.29) is 6.04 Å². The first-order chi connectivity index (χ1) is 9.22. The highest BCUT2D eigenvalue weighted by Gasteiger charge is 2.25. The summed E-state index contributed by atoms with van der Waals surface area (Å²) in [4.78, 5) is 5.52. The molecule has 0 aromatic carbocycles. The third-order valence-electron chi connectivity index (χ3n) is 2.64. The Labute approximate surface area is 120 Å². The van der Waals surface area contributed by atoms with E-state index in [0.717, 1.165) is 6.07 Å². The molecule has 1 heterocycles. The molecule has 0 aliphatic rings. The molecular weight excluding hydrogens is 281 g/mol. The van der Waals surface area contributed by atoms with Crippen LogP contribution in [0.5, 0.6) is 0 Å². The summed E-state index contributed by atoms with van der Waals surface area (Å²) in [7, 11) is -0.216. The quantitative estimate of drug-likeness (QED) is 0.828. The van der Waals surface area contributed by atoms with Gasteiger partial charge in [-0.05, 0) is 38.6 Å². The third kappa shape index (κ3) is 5.15. The molecule has 0 amide bonds. The highest BCUT2D eigenvalue weighted by molar-refractivity contribution is 7.89. The summed E-state index contributed by atoms with van der Waals surface area (Å²) in [5.41, 5.74) is 0. The van der Waals surface area contributed by atoms with Crippen molar-refractivity contribution in [2.75, 3.05) is 20.6 Å². The first-order valence-corrected chi connectivity index (χ1v) is 7.98. The predicted molar refractivity (Wildman–Crippen MR) is 76.3 cm³/mol. The summed E-state index contributed by atoms with van der Waals surface area (Å²) in [6, 6.07) is 2.17. The maximum atomic E-state index is 13.6. The molecule has 0 bridgehead atoms. The fourth-order valence-corrected chi connectivity index (χ4v) is 3.26. The topological polar surface area (TPSA) is 62.3 Å². The Morgan fingerprint density at radius 2 is 2.05 bits per heavy atom. The summed E-state index contributed by atoms with van der Waals surface area (Å²) in [5.74, 6) is -0.510. The number of rotatable bonds is 7. The van der Waals surface area contributed by atoms with Crippen molar-refractivity contribution in [3.8, 4) is 0 Å². The Hall–Kier alpha value is -1.05. The van der Waals surface area contributed by atoms with Gasteiger partial charge in [0.1, 0.15) is 0 Å². The van der Waals surface area contributed by atoms with Crippen LogP contribution in [-0.2, 0) is 10.0 Å². The van der Waals surface area contributed by atoms with Crippen LogP contribution in [0.2, 0.25) is 0 Å². The van der Waals surface area contributed by atoms with Gasteiger partial charge in [0.25, 0.3) is 10.0 Å². The fraction of sp³-hybridized carbons (Fsp3) is 0.615. The Bertz CT molecular complexity index is 522. The van der Waals surface area contributed by atoms with E-state index < -0.39 is 20.9 Å². The standard InChI is InChI=1S/C13H22FN3O2S/c1-10(2)8-11(9-17(3)4)16-20(18,19)13-12(14)6-5-7-15-13/h5-7,10-11,16H,8-9H2,1-4H3. The maximum absolute atomic E-state index is 13.6. The van der Waals surface area contributed by atoms with Gasteiger partial charge < -0.3 is 4.90 Å². The molecule has 114 valence electrons. The van der Waals surface area contributed by atoms with Crippen LogP contribution < -0.4 is 4.72 Å². The molecule has 0 radical (unpaired) electrons. The van der Waals surface area contributed by atoms with Gasteiger partial charge in [-0.1, -0.05) is 13.8 Å². The van der Waals surface area contributed by atoms with Crippen molar-refractivity contribution >= 4 is 10.0 Å². The molecule has 5 nitrogen and oxygen atoms in total. The molecule has 20 heavy (non-hydrogen) atoms. The second kappa shape index (κ2) is 7.10. The van der Waals surface area contributed by atoms with E-state index in [4.69, 9.17) is 0 Å². The molecule has 0 aliphatic carbocycles. The van der Waals surface area contributed by atoms with Gasteiger partial charge in [0, 0.05) is 18.8 Å². The zero-order valence-electron chi connectivity index (χ0n) is 12.3. The van der Waals surface area contributed by atoms with E-state index in [1.54, 1.807) is 0 Å². The Morgan fingerprint density at radius 3 is 2.55 bits per heavy atom. The van der Waals surface area contributed by atoms with Crippen LogP contribution in [0, 0.1) is 11.7 Å². The lowest BCUT2D eigenvalue weighted by molar-refractivity contribution is 0.329. The largest absolute Gasteiger partial charge is 0.308 e. The zero-order chi connectivity index (χ0) is 15.3. The molecule has 7 heteroatoms. The van der Waals surface area contributed by atoms with Crippen molar-refractivity contribution in [3.05, 3.63) is 24.1 Å². The van der Waals surface area contributed by atoms with E-state index in [9.17, 15) is 12.8 Å². The minimum Gasteiger partial charge on any atom is -0.308 e. The zero-order valence-corrected chi connectivity index (χ0v) is 13.1. The van der Waals surface area contributed by atoms with E-state index in [1.807, 2.05) is 32.8 Å². The average molecular weight is 303 g/mol. The molecule has 1 aromatic heterocycles. The summed E-state index contributed by atoms with van der Waals surface area (Å²) >= 11 is 0. The van der Waals surface area contributed by atoms with Crippen molar-refractivity contribution in [1.82, 2.24) is 14.6 Å². The van der Waals surface area contributed by atoms with Gasteiger partial charge in [-0.3, -0.25) is 0 Å². The molecule has 1 aromatic rings. The van der Waals surface area contributed by atoms with Crippen LogP contribution >= 0.6 is 0 Å². The van der Waals surface area contributed by atoms with Gasteiger partial charge in [0.05, 0.1) is 0 Å². The van der Waals surface area contributed by atoms with Gasteiger partial charge in [-0.15, -0.1) is 0 Å². The highest BCUT2D eigenvalue weighted by Crippen LogP contribution is 2.13. The van der Waals surface area contributed by atoms with E-state index in [1.165, 1.54) is 12.3 Å². The average Bonchev–Trinajstić information content (AvgIpc) is 2.26. The number of sulfonamides is 1. The number of nitrogens with one attached hydrogen (secondary N) is 1. The first-order valence-electron chi connectivity index (χ1n) is 6.50. The maximum Gasteiger partial charge on any atom is 0.261 e. The Morgan fingerprint density at radius 1 is 1.40 bits per heavy atom. The summed E-state index contributed by atoms with van der Waals surface area (Å²) in [6.07, 6.45) is 1.94. The molecule has 1 rings (SSSR count). The predicted octanol–water partition coefficient (Wildman–Crippen LogP) is 1.48. The molecule has 0 aliphatic heterocycles. The lowest BCUT2D eigenvalue weighted by Crippen LogP contribution is -2.42. The smallest absolute Gasteiger partial charge is 0.261 e. The number of hydrogen-bond acceptors (Lipinski definition) is 4. The van der Waals surface area contributed by atoms with E-state index in [2.05, 4.69) is 9.71 Å². The highest BCUT2D eigenvalue weighted by atomic mass is 32.2. The van der Waals surface area contributed by atoms with Gasteiger partial charge in [-0.2, -0.15) is 0 Å². The Kier molecular flexibility index (Phi) is 6.04. The second-order valence-corrected chi connectivity index (χ2v) is 7.13. The molecule has 0 fully saturated rings. The number of likely N-dealkylation sites (N-methyl/N-ethyl adjacent to an activating group) is 1. The van der Waals surface area contributed by atoms with Crippen LogP contribution in [0.3, 0.4) is 0 Å². The van der Waals surface area contributed by atoms with Crippen molar-refractivity contribution < 1.29 is 12.8 Å². The Balaban J connectivity index is 2.94. The fourth-order valence-electron chi connectivity index (χ4n) is 2.01.